The molecule has 0 radical (unpaired) electrons. The van der Waals surface area contributed by atoms with Crippen molar-refractivity contribution in [1.82, 2.24) is 9.29 Å². The van der Waals surface area contributed by atoms with Gasteiger partial charge < -0.3 is 9.80 Å². The van der Waals surface area contributed by atoms with Crippen molar-refractivity contribution in [3.63, 3.8) is 0 Å². The van der Waals surface area contributed by atoms with Crippen LogP contribution in [-0.4, -0.2) is 56.3 Å². The van der Waals surface area contributed by atoms with E-state index in [1.165, 1.54) is 6.92 Å². The summed E-state index contributed by atoms with van der Waals surface area (Å²) in [5.41, 5.74) is 3.82. The standard InChI is InChI=1S/C24H26N4O3S2/c1-17-23(19-6-4-3-5-7-19)25-24(32-17)26-12-14-27(15-13-26)33(30,31)21-8-9-22-20(16-21)10-11-28(22)18(2)29/h3-9,16H,10-15H2,1-2H3. The smallest absolute Gasteiger partial charge is 0.243 e. The number of piperazine rings is 1. The van der Waals surface area contributed by atoms with Gasteiger partial charge in [0.25, 0.3) is 0 Å². The lowest BCUT2D eigenvalue weighted by atomic mass is 10.1. The fourth-order valence-electron chi connectivity index (χ4n) is 4.52. The highest BCUT2D eigenvalue weighted by Gasteiger charge is 2.31. The Bertz CT molecular complexity index is 1300. The molecule has 33 heavy (non-hydrogen) atoms. The number of aryl methyl sites for hydroxylation is 1. The molecular weight excluding hydrogens is 456 g/mol. The Morgan fingerprint density at radius 2 is 1.73 bits per heavy atom. The van der Waals surface area contributed by atoms with Crippen molar-refractivity contribution in [2.24, 2.45) is 0 Å². The van der Waals surface area contributed by atoms with E-state index in [0.717, 1.165) is 32.5 Å². The third-order valence-corrected chi connectivity index (χ3v) is 9.23. The Balaban J connectivity index is 1.30. The van der Waals surface area contributed by atoms with Gasteiger partial charge in [0.15, 0.2) is 5.13 Å². The normalized spacial score (nSPS) is 16.8. The number of thiazole rings is 1. The van der Waals surface area contributed by atoms with Gasteiger partial charge in [0.05, 0.1) is 10.6 Å². The summed E-state index contributed by atoms with van der Waals surface area (Å²) in [6.45, 7) is 6.24. The van der Waals surface area contributed by atoms with Crippen molar-refractivity contribution >= 4 is 38.1 Å². The third-order valence-electron chi connectivity index (χ3n) is 6.31. The molecule has 1 saturated heterocycles. The molecule has 0 saturated carbocycles. The predicted octanol–water partition coefficient (Wildman–Crippen LogP) is 3.54. The monoisotopic (exact) mass is 482 g/mol. The van der Waals surface area contributed by atoms with Gasteiger partial charge in [-0.15, -0.1) is 11.3 Å². The number of nitrogens with zero attached hydrogens (tertiary/aromatic N) is 4. The number of carbonyl (C=O) groups excluding carboxylic acids is 1. The average Bonchev–Trinajstić information content (AvgIpc) is 3.43. The van der Waals surface area contributed by atoms with E-state index in [1.807, 2.05) is 18.2 Å². The molecule has 5 rings (SSSR count). The largest absolute Gasteiger partial charge is 0.345 e. The SMILES string of the molecule is CC(=O)N1CCc2cc(S(=O)(=O)N3CCN(c4nc(-c5ccccc5)c(C)s4)CC3)ccc21. The molecule has 1 fully saturated rings. The second kappa shape index (κ2) is 8.55. The molecule has 0 unspecified atom stereocenters. The second-order valence-corrected chi connectivity index (χ2v) is 11.5. The Hall–Kier alpha value is -2.75. The van der Waals surface area contributed by atoms with Gasteiger partial charge in [0.2, 0.25) is 15.9 Å². The van der Waals surface area contributed by atoms with E-state index in [-0.39, 0.29) is 5.91 Å². The number of rotatable bonds is 4. The van der Waals surface area contributed by atoms with Crippen LogP contribution in [0, 0.1) is 6.92 Å². The molecule has 172 valence electrons. The maximum Gasteiger partial charge on any atom is 0.243 e. The zero-order valence-electron chi connectivity index (χ0n) is 18.7. The zero-order valence-corrected chi connectivity index (χ0v) is 20.3. The minimum Gasteiger partial charge on any atom is -0.345 e. The number of amides is 1. The first-order valence-corrected chi connectivity index (χ1v) is 13.3. The zero-order chi connectivity index (χ0) is 23.2. The number of fused-ring (bicyclic) bond motifs is 1. The van der Waals surface area contributed by atoms with Gasteiger partial charge in [-0.25, -0.2) is 13.4 Å². The summed E-state index contributed by atoms with van der Waals surface area (Å²) in [5, 5.41) is 0.935. The van der Waals surface area contributed by atoms with Gasteiger partial charge in [0.1, 0.15) is 0 Å². The minimum atomic E-state index is -3.59. The lowest BCUT2D eigenvalue weighted by Crippen LogP contribution is -2.48. The Labute approximate surface area is 198 Å². The van der Waals surface area contributed by atoms with Crippen LogP contribution < -0.4 is 9.80 Å². The first-order chi connectivity index (χ1) is 15.8. The number of anilines is 2. The lowest BCUT2D eigenvalue weighted by Gasteiger charge is -2.33. The fraction of sp³-hybridized carbons (Fsp3) is 0.333. The molecule has 2 aliphatic heterocycles. The summed E-state index contributed by atoms with van der Waals surface area (Å²) in [7, 11) is -3.59. The molecule has 0 aliphatic carbocycles. The van der Waals surface area contributed by atoms with Crippen LogP contribution in [0.2, 0.25) is 0 Å². The van der Waals surface area contributed by atoms with Gasteiger partial charge in [-0.05, 0) is 37.1 Å². The van der Waals surface area contributed by atoms with E-state index in [1.54, 1.807) is 38.7 Å². The van der Waals surface area contributed by atoms with Crippen molar-refractivity contribution in [2.45, 2.75) is 25.2 Å². The van der Waals surface area contributed by atoms with Gasteiger partial charge >= 0.3 is 0 Å². The summed E-state index contributed by atoms with van der Waals surface area (Å²) in [4.78, 5) is 22.0. The Morgan fingerprint density at radius 1 is 1.00 bits per heavy atom. The number of hydrogen-bond donors (Lipinski definition) is 0. The summed E-state index contributed by atoms with van der Waals surface area (Å²) in [5.74, 6) is -0.0201. The quantitative estimate of drug-likeness (QED) is 0.569. The highest BCUT2D eigenvalue weighted by Crippen LogP contribution is 2.34. The number of benzene rings is 2. The first kappa shape index (κ1) is 22.1. The van der Waals surface area contributed by atoms with Crippen LogP contribution >= 0.6 is 11.3 Å². The molecule has 1 amide bonds. The van der Waals surface area contributed by atoms with Crippen LogP contribution in [0.3, 0.4) is 0 Å². The van der Waals surface area contributed by atoms with Crippen molar-refractivity contribution in [3.8, 4) is 11.3 Å². The van der Waals surface area contributed by atoms with Crippen molar-refractivity contribution in [2.75, 3.05) is 42.5 Å². The highest BCUT2D eigenvalue weighted by atomic mass is 32.2. The maximum absolute atomic E-state index is 13.3. The van der Waals surface area contributed by atoms with Crippen molar-refractivity contribution in [3.05, 3.63) is 59.0 Å². The number of hydrogen-bond acceptors (Lipinski definition) is 6. The molecule has 1 aromatic heterocycles. The van der Waals surface area contributed by atoms with E-state index in [4.69, 9.17) is 4.98 Å². The summed E-state index contributed by atoms with van der Waals surface area (Å²) in [6, 6.07) is 15.2. The molecule has 0 spiro atoms. The molecule has 2 aromatic carbocycles. The lowest BCUT2D eigenvalue weighted by molar-refractivity contribution is -0.116. The molecule has 0 atom stereocenters. The molecule has 3 aromatic rings. The van der Waals surface area contributed by atoms with Gasteiger partial charge in [-0.1, -0.05) is 30.3 Å². The third kappa shape index (κ3) is 4.05. The van der Waals surface area contributed by atoms with Crippen LogP contribution in [0.5, 0.6) is 0 Å². The topological polar surface area (TPSA) is 73.8 Å². The number of carbonyl (C=O) groups is 1. The summed E-state index contributed by atoms with van der Waals surface area (Å²) in [6.07, 6.45) is 0.680. The molecule has 0 N–H and O–H groups in total. The number of sulfonamides is 1. The van der Waals surface area contributed by atoms with Crippen molar-refractivity contribution in [1.29, 1.82) is 0 Å². The van der Waals surface area contributed by atoms with Crippen LogP contribution in [0.1, 0.15) is 17.4 Å². The minimum absolute atomic E-state index is 0.0201. The van der Waals surface area contributed by atoms with Crippen LogP contribution in [-0.2, 0) is 21.2 Å². The molecule has 7 nitrogen and oxygen atoms in total. The molecular formula is C24H26N4O3S2. The summed E-state index contributed by atoms with van der Waals surface area (Å²) < 4.78 is 28.2. The van der Waals surface area contributed by atoms with E-state index in [0.29, 0.717) is 44.0 Å². The highest BCUT2D eigenvalue weighted by molar-refractivity contribution is 7.89. The Kier molecular flexibility index (Phi) is 5.72. The Morgan fingerprint density at radius 3 is 2.42 bits per heavy atom. The van der Waals surface area contributed by atoms with E-state index < -0.39 is 10.0 Å². The van der Waals surface area contributed by atoms with Crippen LogP contribution in [0.25, 0.3) is 11.3 Å². The maximum atomic E-state index is 13.3. The van der Waals surface area contributed by atoms with E-state index in [2.05, 4.69) is 24.0 Å². The predicted molar refractivity (Wildman–Crippen MR) is 131 cm³/mol. The van der Waals surface area contributed by atoms with Gasteiger partial charge in [-0.2, -0.15) is 4.31 Å². The average molecular weight is 483 g/mol. The van der Waals surface area contributed by atoms with Gasteiger partial charge in [0, 0.05) is 55.8 Å². The van der Waals surface area contributed by atoms with Gasteiger partial charge in [-0.3, -0.25) is 4.79 Å². The van der Waals surface area contributed by atoms with Crippen LogP contribution in [0.15, 0.2) is 53.4 Å². The summed E-state index contributed by atoms with van der Waals surface area (Å²) >= 11 is 1.65. The van der Waals surface area contributed by atoms with Crippen molar-refractivity contribution < 1.29 is 13.2 Å². The van der Waals surface area contributed by atoms with Crippen LogP contribution in [0.4, 0.5) is 10.8 Å². The molecule has 2 aliphatic rings. The molecule has 9 heteroatoms. The number of aromatic nitrogens is 1. The molecule has 0 bridgehead atoms. The fourth-order valence-corrected chi connectivity index (χ4v) is 6.97. The first-order valence-electron chi connectivity index (χ1n) is 11.0. The second-order valence-electron chi connectivity index (χ2n) is 8.37. The molecule has 3 heterocycles. The van der Waals surface area contributed by atoms with E-state index in [9.17, 15) is 13.2 Å². The van der Waals surface area contributed by atoms with E-state index >= 15 is 0 Å².